The fraction of sp³-hybridized carbons (Fsp3) is 0.733. The van der Waals surface area contributed by atoms with E-state index < -0.39 is 30.1 Å². The lowest BCUT2D eigenvalue weighted by atomic mass is 9.65. The van der Waals surface area contributed by atoms with E-state index >= 15 is 0 Å². The van der Waals surface area contributed by atoms with Crippen molar-refractivity contribution in [1.29, 1.82) is 0 Å². The third-order valence-corrected chi connectivity index (χ3v) is 4.85. The van der Waals surface area contributed by atoms with Crippen LogP contribution < -0.4 is 0 Å². The van der Waals surface area contributed by atoms with E-state index in [2.05, 4.69) is 11.3 Å². The van der Waals surface area contributed by atoms with Crippen molar-refractivity contribution in [2.24, 2.45) is 11.8 Å². The molecule has 4 unspecified atom stereocenters. The maximum absolute atomic E-state index is 12.3. The molecule has 4 rings (SSSR count). The summed E-state index contributed by atoms with van der Waals surface area (Å²) in [7, 11) is 0. The second kappa shape index (κ2) is 5.51. The van der Waals surface area contributed by atoms with Crippen molar-refractivity contribution >= 4 is 11.9 Å². The van der Waals surface area contributed by atoms with Gasteiger partial charge in [-0.05, 0) is 31.6 Å². The van der Waals surface area contributed by atoms with Crippen molar-refractivity contribution in [3.8, 4) is 0 Å². The number of alkyl halides is 3. The lowest BCUT2D eigenvalue weighted by Crippen LogP contribution is -2.47. The summed E-state index contributed by atoms with van der Waals surface area (Å²) in [5.74, 6) is -1.74. The Labute approximate surface area is 130 Å². The number of rotatable bonds is 4. The van der Waals surface area contributed by atoms with Crippen molar-refractivity contribution in [3.05, 3.63) is 12.2 Å². The van der Waals surface area contributed by atoms with Crippen LogP contribution in [0.3, 0.4) is 0 Å². The highest BCUT2D eigenvalue weighted by molar-refractivity contribution is 5.89. The van der Waals surface area contributed by atoms with Crippen LogP contribution in [0.1, 0.15) is 32.1 Å². The molecular weight excluding hydrogens is 317 g/mol. The molecule has 0 aromatic carbocycles. The van der Waals surface area contributed by atoms with Crippen LogP contribution in [0.15, 0.2) is 12.2 Å². The normalized spacial score (nSPS) is 35.6. The van der Waals surface area contributed by atoms with Crippen molar-refractivity contribution in [2.75, 3.05) is 6.79 Å². The van der Waals surface area contributed by atoms with Crippen LogP contribution in [-0.4, -0.2) is 36.6 Å². The standard InChI is InChI=1S/C15H17F3O5/c1-8(15(16,17)18)12(19)21-7-22-14-4-9-2-10(5-14)13(20)23-11(3-9)6-14/h9-11H,1-7H2. The van der Waals surface area contributed by atoms with Crippen LogP contribution in [0.25, 0.3) is 0 Å². The molecule has 2 saturated carbocycles. The van der Waals surface area contributed by atoms with Gasteiger partial charge in [0.25, 0.3) is 0 Å². The van der Waals surface area contributed by atoms with Gasteiger partial charge in [0.2, 0.25) is 0 Å². The highest BCUT2D eigenvalue weighted by Crippen LogP contribution is 2.51. The summed E-state index contributed by atoms with van der Waals surface area (Å²) in [6.07, 6.45) is -1.86. The average Bonchev–Trinajstić information content (AvgIpc) is 2.59. The van der Waals surface area contributed by atoms with Crippen molar-refractivity contribution < 1.29 is 37.0 Å². The molecule has 0 aromatic heterocycles. The topological polar surface area (TPSA) is 61.8 Å². The predicted molar refractivity (Wildman–Crippen MR) is 69.9 cm³/mol. The first-order valence-corrected chi connectivity index (χ1v) is 7.46. The van der Waals surface area contributed by atoms with E-state index in [1.54, 1.807) is 0 Å². The zero-order valence-electron chi connectivity index (χ0n) is 12.4. The molecule has 4 atom stereocenters. The summed E-state index contributed by atoms with van der Waals surface area (Å²) in [6, 6.07) is 0. The van der Waals surface area contributed by atoms with E-state index in [0.717, 1.165) is 12.8 Å². The van der Waals surface area contributed by atoms with Crippen LogP contribution in [0.5, 0.6) is 0 Å². The first kappa shape index (κ1) is 16.3. The van der Waals surface area contributed by atoms with Gasteiger partial charge < -0.3 is 14.2 Å². The zero-order chi connectivity index (χ0) is 16.8. The Bertz CT molecular complexity index is 544. The summed E-state index contributed by atoms with van der Waals surface area (Å²) in [6.45, 7) is 2.09. The van der Waals surface area contributed by atoms with Gasteiger partial charge in [0.1, 0.15) is 11.7 Å². The van der Waals surface area contributed by atoms with Gasteiger partial charge >= 0.3 is 18.1 Å². The van der Waals surface area contributed by atoms with Gasteiger partial charge in [0.15, 0.2) is 6.79 Å². The third-order valence-electron chi connectivity index (χ3n) is 4.85. The predicted octanol–water partition coefficient (Wildman–Crippen LogP) is 2.50. The molecule has 4 fully saturated rings. The van der Waals surface area contributed by atoms with Crippen LogP contribution in [0, 0.1) is 11.8 Å². The molecule has 0 N–H and O–H groups in total. The van der Waals surface area contributed by atoms with Gasteiger partial charge in [0.05, 0.1) is 11.5 Å². The van der Waals surface area contributed by atoms with Crippen molar-refractivity contribution in [3.63, 3.8) is 0 Å². The zero-order valence-corrected chi connectivity index (χ0v) is 12.4. The maximum Gasteiger partial charge on any atom is 0.422 e. The summed E-state index contributed by atoms with van der Waals surface area (Å²) in [4.78, 5) is 23.2. The van der Waals surface area contributed by atoms with E-state index in [4.69, 9.17) is 9.47 Å². The van der Waals surface area contributed by atoms with Crippen LogP contribution in [-0.2, 0) is 23.8 Å². The van der Waals surface area contributed by atoms with Crippen LogP contribution in [0.4, 0.5) is 13.2 Å². The van der Waals surface area contributed by atoms with E-state index in [9.17, 15) is 22.8 Å². The Morgan fingerprint density at radius 2 is 2.04 bits per heavy atom. The van der Waals surface area contributed by atoms with Crippen molar-refractivity contribution in [1.82, 2.24) is 0 Å². The second-order valence-corrected chi connectivity index (χ2v) is 6.56. The van der Waals surface area contributed by atoms with Gasteiger partial charge in [-0.25, -0.2) is 4.79 Å². The molecule has 4 aliphatic rings. The lowest BCUT2D eigenvalue weighted by Gasteiger charge is -2.45. The van der Waals surface area contributed by atoms with E-state index in [0.29, 0.717) is 25.2 Å². The molecule has 0 spiro atoms. The Morgan fingerprint density at radius 1 is 1.30 bits per heavy atom. The van der Waals surface area contributed by atoms with Gasteiger partial charge in [-0.15, -0.1) is 0 Å². The number of fused-ring (bicyclic) bond motifs is 1. The number of carbonyl (C=O) groups is 2. The van der Waals surface area contributed by atoms with Gasteiger partial charge in [-0.2, -0.15) is 13.2 Å². The molecule has 2 aliphatic carbocycles. The number of ether oxygens (including phenoxy) is 3. The number of carbonyl (C=O) groups excluding carboxylic acids is 2. The minimum atomic E-state index is -4.82. The van der Waals surface area contributed by atoms with Crippen LogP contribution in [0.2, 0.25) is 0 Å². The Balaban J connectivity index is 1.59. The molecule has 0 amide bonds. The van der Waals surface area contributed by atoms with Gasteiger partial charge in [-0.1, -0.05) is 6.58 Å². The molecule has 4 bridgehead atoms. The minimum absolute atomic E-state index is 0.227. The number of esters is 2. The van der Waals surface area contributed by atoms with E-state index in [-0.39, 0.29) is 18.0 Å². The molecule has 2 saturated heterocycles. The first-order chi connectivity index (χ1) is 10.7. The lowest BCUT2D eigenvalue weighted by molar-refractivity contribution is -0.194. The Hall–Kier alpha value is -1.57. The summed E-state index contributed by atoms with van der Waals surface area (Å²) >= 11 is 0. The van der Waals surface area contributed by atoms with Crippen LogP contribution >= 0.6 is 0 Å². The number of hydrogen-bond acceptors (Lipinski definition) is 5. The first-order valence-electron chi connectivity index (χ1n) is 7.46. The molecule has 8 heteroatoms. The smallest absolute Gasteiger partial charge is 0.422 e. The highest BCUT2D eigenvalue weighted by Gasteiger charge is 2.53. The van der Waals surface area contributed by atoms with Gasteiger partial charge in [-0.3, -0.25) is 4.79 Å². The summed E-state index contributed by atoms with van der Waals surface area (Å²) < 4.78 is 52.6. The Morgan fingerprint density at radius 3 is 2.74 bits per heavy atom. The van der Waals surface area contributed by atoms with Gasteiger partial charge in [0, 0.05) is 6.42 Å². The fourth-order valence-electron chi connectivity index (χ4n) is 3.96. The molecule has 23 heavy (non-hydrogen) atoms. The van der Waals surface area contributed by atoms with E-state index in [1.807, 2.05) is 0 Å². The molecular formula is C15H17F3O5. The minimum Gasteiger partial charge on any atom is -0.462 e. The third kappa shape index (κ3) is 3.22. The Kier molecular flexibility index (Phi) is 3.90. The fourth-order valence-corrected chi connectivity index (χ4v) is 3.96. The highest BCUT2D eigenvalue weighted by atomic mass is 19.4. The average molecular weight is 334 g/mol. The molecule has 0 radical (unpaired) electrons. The monoisotopic (exact) mass is 334 g/mol. The maximum atomic E-state index is 12.3. The SMILES string of the molecule is C=C(C(=O)OCOC12CC3CC(C1)OC(=O)C(C3)C2)C(F)(F)F. The van der Waals surface area contributed by atoms with E-state index in [1.165, 1.54) is 0 Å². The molecule has 128 valence electrons. The molecule has 5 nitrogen and oxygen atoms in total. The molecule has 2 aliphatic heterocycles. The molecule has 2 heterocycles. The van der Waals surface area contributed by atoms with Crippen molar-refractivity contribution in [2.45, 2.75) is 50.0 Å². The molecule has 0 aromatic rings. The number of halogens is 3. The largest absolute Gasteiger partial charge is 0.462 e. The number of hydrogen-bond donors (Lipinski definition) is 0. The summed E-state index contributed by atoms with van der Waals surface area (Å²) in [5.41, 5.74) is -2.23. The second-order valence-electron chi connectivity index (χ2n) is 6.56. The quantitative estimate of drug-likeness (QED) is 0.449. The summed E-state index contributed by atoms with van der Waals surface area (Å²) in [5, 5.41) is 0.